The van der Waals surface area contributed by atoms with Gasteiger partial charge in [0.15, 0.2) is 5.82 Å². The van der Waals surface area contributed by atoms with Crippen LogP contribution in [0.15, 0.2) is 42.7 Å². The number of ether oxygens (including phenoxy) is 1. The third-order valence-electron chi connectivity index (χ3n) is 5.85. The van der Waals surface area contributed by atoms with Gasteiger partial charge in [0.25, 0.3) is 0 Å². The second-order valence-electron chi connectivity index (χ2n) is 9.75. The van der Waals surface area contributed by atoms with E-state index in [2.05, 4.69) is 31.3 Å². The molecule has 0 amide bonds. The maximum Gasteiger partial charge on any atom is 0.227 e. The third-order valence-corrected chi connectivity index (χ3v) is 5.85. The number of rotatable bonds is 7. The van der Waals surface area contributed by atoms with Crippen LogP contribution in [0.1, 0.15) is 38.1 Å². The van der Waals surface area contributed by atoms with Crippen molar-refractivity contribution in [3.8, 4) is 16.9 Å². The monoisotopic (exact) mass is 473 g/mol. The summed E-state index contributed by atoms with van der Waals surface area (Å²) < 4.78 is 7.73. The second-order valence-corrected chi connectivity index (χ2v) is 9.75. The highest BCUT2D eigenvalue weighted by molar-refractivity contribution is 5.75. The van der Waals surface area contributed by atoms with Crippen molar-refractivity contribution >= 4 is 23.1 Å². The van der Waals surface area contributed by atoms with Crippen molar-refractivity contribution in [1.82, 2.24) is 24.6 Å². The normalized spacial score (nSPS) is 14.0. The van der Waals surface area contributed by atoms with Crippen LogP contribution in [0.2, 0.25) is 0 Å². The summed E-state index contributed by atoms with van der Waals surface area (Å²) in [6, 6.07) is 9.97. The van der Waals surface area contributed by atoms with E-state index in [1.165, 1.54) is 12.8 Å². The number of hydrogen-bond donors (Lipinski definition) is 2. The van der Waals surface area contributed by atoms with Crippen LogP contribution < -0.4 is 15.0 Å². The van der Waals surface area contributed by atoms with E-state index in [-0.39, 0.29) is 6.61 Å². The smallest absolute Gasteiger partial charge is 0.227 e. The highest BCUT2D eigenvalue weighted by atomic mass is 16.5. The highest BCUT2D eigenvalue weighted by Crippen LogP contribution is 2.32. The fourth-order valence-electron chi connectivity index (χ4n) is 4.17. The summed E-state index contributed by atoms with van der Waals surface area (Å²) in [5.41, 5.74) is 3.70. The molecule has 1 aliphatic rings. The molecular weight excluding hydrogens is 442 g/mol. The van der Waals surface area contributed by atoms with Crippen molar-refractivity contribution in [3.05, 3.63) is 54.1 Å². The summed E-state index contributed by atoms with van der Waals surface area (Å²) in [6.45, 7) is 9.53. The van der Waals surface area contributed by atoms with Crippen LogP contribution in [0.25, 0.3) is 16.6 Å². The van der Waals surface area contributed by atoms with Gasteiger partial charge in [0, 0.05) is 48.4 Å². The molecule has 9 nitrogen and oxygen atoms in total. The topological polar surface area (TPSA) is 101 Å². The first-order chi connectivity index (χ1) is 16.7. The Bertz CT molecular complexity index is 1350. The molecule has 0 saturated carbocycles. The summed E-state index contributed by atoms with van der Waals surface area (Å²) in [4.78, 5) is 15.9. The molecule has 0 radical (unpaired) electrons. The van der Waals surface area contributed by atoms with Crippen molar-refractivity contribution in [1.29, 1.82) is 0 Å². The number of fused-ring (bicyclic) bond motifs is 1. The number of aryl methyl sites for hydroxylation is 2. The van der Waals surface area contributed by atoms with Gasteiger partial charge in [0.1, 0.15) is 18.2 Å². The van der Waals surface area contributed by atoms with Crippen LogP contribution in [0.3, 0.4) is 0 Å². The van der Waals surface area contributed by atoms with Crippen LogP contribution in [-0.2, 0) is 0 Å². The average Bonchev–Trinajstić information content (AvgIpc) is 3.46. The zero-order valence-electron chi connectivity index (χ0n) is 20.6. The number of nitrogens with one attached hydrogen (secondary N) is 1. The molecule has 0 aliphatic carbocycles. The minimum Gasteiger partial charge on any atom is -0.488 e. The molecule has 0 aromatic carbocycles. The lowest BCUT2D eigenvalue weighted by atomic mass is 10.1. The lowest BCUT2D eigenvalue weighted by Gasteiger charge is -2.19. The van der Waals surface area contributed by atoms with E-state index in [1.807, 2.05) is 48.8 Å². The zero-order chi connectivity index (χ0) is 24.6. The van der Waals surface area contributed by atoms with Crippen LogP contribution in [-0.4, -0.2) is 55.0 Å². The number of pyridine rings is 2. The van der Waals surface area contributed by atoms with E-state index < -0.39 is 5.60 Å². The Morgan fingerprint density at radius 2 is 1.83 bits per heavy atom. The van der Waals surface area contributed by atoms with Crippen molar-refractivity contribution in [2.45, 2.75) is 46.1 Å². The Morgan fingerprint density at radius 3 is 2.60 bits per heavy atom. The molecular formula is C26H31N7O2. The molecule has 0 spiro atoms. The largest absolute Gasteiger partial charge is 0.488 e. The summed E-state index contributed by atoms with van der Waals surface area (Å²) in [5, 5.41) is 18.1. The Balaban J connectivity index is 1.42. The van der Waals surface area contributed by atoms with Crippen molar-refractivity contribution < 1.29 is 9.84 Å². The van der Waals surface area contributed by atoms with Crippen LogP contribution in [0.5, 0.6) is 5.75 Å². The zero-order valence-corrected chi connectivity index (χ0v) is 20.6. The molecule has 5 heterocycles. The van der Waals surface area contributed by atoms with Crippen LogP contribution >= 0.6 is 0 Å². The van der Waals surface area contributed by atoms with E-state index in [1.54, 1.807) is 20.0 Å². The molecule has 5 rings (SSSR count). The Kier molecular flexibility index (Phi) is 6.02. The van der Waals surface area contributed by atoms with E-state index in [0.29, 0.717) is 11.6 Å². The second kappa shape index (κ2) is 9.14. The molecule has 0 unspecified atom stereocenters. The van der Waals surface area contributed by atoms with Gasteiger partial charge in [-0.2, -0.15) is 10.1 Å². The standard InChI is InChI=1S/C26H31N7O2/c1-17-11-21(22(15-27-17)35-16-26(3,4)34)19-7-10-33-20(13-19)14-24(31-33)29-23-12-18(2)28-25(30-23)32-8-5-6-9-32/h7,10-15,34H,5-6,8-9,16H2,1-4H3,(H,28,29,30,31). The van der Waals surface area contributed by atoms with Crippen molar-refractivity contribution in [3.63, 3.8) is 0 Å². The maximum atomic E-state index is 10.1. The molecule has 2 N–H and O–H groups in total. The van der Waals surface area contributed by atoms with Gasteiger partial charge in [0.05, 0.1) is 17.3 Å². The first-order valence-electron chi connectivity index (χ1n) is 11.9. The van der Waals surface area contributed by atoms with E-state index >= 15 is 0 Å². The fourth-order valence-corrected chi connectivity index (χ4v) is 4.17. The van der Waals surface area contributed by atoms with Gasteiger partial charge in [-0.25, -0.2) is 9.50 Å². The van der Waals surface area contributed by atoms with E-state index in [9.17, 15) is 5.11 Å². The lowest BCUT2D eigenvalue weighted by molar-refractivity contribution is 0.0286. The van der Waals surface area contributed by atoms with Crippen LogP contribution in [0, 0.1) is 13.8 Å². The number of nitrogens with zero attached hydrogens (tertiary/aromatic N) is 6. The van der Waals surface area contributed by atoms with Gasteiger partial charge in [-0.1, -0.05) is 0 Å². The quantitative estimate of drug-likeness (QED) is 0.410. The maximum absolute atomic E-state index is 10.1. The molecule has 182 valence electrons. The predicted molar refractivity (Wildman–Crippen MR) is 136 cm³/mol. The first kappa shape index (κ1) is 23.0. The lowest BCUT2D eigenvalue weighted by Crippen LogP contribution is -2.28. The summed E-state index contributed by atoms with van der Waals surface area (Å²) in [5.74, 6) is 2.83. The molecule has 9 heteroatoms. The molecule has 4 aromatic rings. The van der Waals surface area contributed by atoms with E-state index in [4.69, 9.17) is 9.72 Å². The fraction of sp³-hybridized carbons (Fsp3) is 0.385. The van der Waals surface area contributed by atoms with Crippen LogP contribution in [0.4, 0.5) is 17.6 Å². The van der Waals surface area contributed by atoms with Gasteiger partial charge < -0.3 is 20.1 Å². The average molecular weight is 474 g/mol. The van der Waals surface area contributed by atoms with Gasteiger partial charge in [-0.05, 0) is 64.3 Å². The molecule has 0 bridgehead atoms. The molecule has 1 fully saturated rings. The van der Waals surface area contributed by atoms with Gasteiger partial charge >= 0.3 is 0 Å². The molecule has 1 saturated heterocycles. The molecule has 4 aromatic heterocycles. The number of aromatic nitrogens is 5. The molecule has 0 atom stereocenters. The highest BCUT2D eigenvalue weighted by Gasteiger charge is 2.18. The summed E-state index contributed by atoms with van der Waals surface area (Å²) in [7, 11) is 0. The number of anilines is 3. The number of hydrogen-bond acceptors (Lipinski definition) is 8. The molecule has 35 heavy (non-hydrogen) atoms. The third kappa shape index (κ3) is 5.35. The predicted octanol–water partition coefficient (Wildman–Crippen LogP) is 4.30. The molecule has 1 aliphatic heterocycles. The van der Waals surface area contributed by atoms with Gasteiger partial charge in [-0.3, -0.25) is 4.98 Å². The Morgan fingerprint density at radius 1 is 1.03 bits per heavy atom. The number of aliphatic hydroxyl groups is 1. The first-order valence-corrected chi connectivity index (χ1v) is 11.9. The van der Waals surface area contributed by atoms with Crippen molar-refractivity contribution in [2.75, 3.05) is 29.9 Å². The van der Waals surface area contributed by atoms with E-state index in [0.717, 1.165) is 52.9 Å². The Labute approximate surface area is 204 Å². The summed E-state index contributed by atoms with van der Waals surface area (Å²) >= 11 is 0. The van der Waals surface area contributed by atoms with Gasteiger partial charge in [-0.15, -0.1) is 0 Å². The minimum absolute atomic E-state index is 0.172. The SMILES string of the molecule is Cc1cc(-c2ccn3nc(Nc4cc(C)nc(N5CCCC5)n4)cc3c2)c(OCC(C)(C)O)cn1. The van der Waals surface area contributed by atoms with Crippen molar-refractivity contribution in [2.24, 2.45) is 0 Å². The Hall–Kier alpha value is -3.72. The van der Waals surface area contributed by atoms with Gasteiger partial charge in [0.2, 0.25) is 5.95 Å². The minimum atomic E-state index is -0.938. The summed E-state index contributed by atoms with van der Waals surface area (Å²) in [6.07, 6.45) is 5.98.